The Morgan fingerprint density at radius 3 is 2.55 bits per heavy atom. The first-order chi connectivity index (χ1) is 16.0. The molecule has 0 unspecified atom stereocenters. The number of amides is 1. The Morgan fingerprint density at radius 2 is 1.79 bits per heavy atom. The van der Waals surface area contributed by atoms with Crippen molar-refractivity contribution in [1.82, 2.24) is 10.3 Å². The van der Waals surface area contributed by atoms with Crippen LogP contribution in [0.5, 0.6) is 5.75 Å². The second kappa shape index (κ2) is 10.6. The van der Waals surface area contributed by atoms with E-state index in [1.54, 1.807) is 12.1 Å². The van der Waals surface area contributed by atoms with E-state index < -0.39 is 0 Å². The molecule has 1 aromatic heterocycles. The number of phenols is 1. The summed E-state index contributed by atoms with van der Waals surface area (Å²) < 4.78 is 0. The van der Waals surface area contributed by atoms with Gasteiger partial charge in [-0.25, -0.2) is 4.98 Å². The monoisotopic (exact) mass is 446 g/mol. The van der Waals surface area contributed by atoms with Crippen molar-refractivity contribution in [3.05, 3.63) is 60.2 Å². The minimum Gasteiger partial charge on any atom is -0.508 e. The number of fused-ring (bicyclic) bond motifs is 1. The van der Waals surface area contributed by atoms with Crippen molar-refractivity contribution in [2.45, 2.75) is 44.6 Å². The zero-order chi connectivity index (χ0) is 23.2. The number of nitrogens with one attached hydrogen (secondary N) is 2. The van der Waals surface area contributed by atoms with Crippen molar-refractivity contribution in [3.63, 3.8) is 0 Å². The summed E-state index contributed by atoms with van der Waals surface area (Å²) in [6.07, 6.45) is 5.28. The molecule has 1 heterocycles. The number of hydrogen-bond acceptors (Lipinski definition) is 5. The van der Waals surface area contributed by atoms with E-state index in [2.05, 4.69) is 53.9 Å². The third kappa shape index (κ3) is 5.95. The van der Waals surface area contributed by atoms with Gasteiger partial charge in [0.05, 0.1) is 5.52 Å². The van der Waals surface area contributed by atoms with E-state index in [-0.39, 0.29) is 11.7 Å². The maximum Gasteiger partial charge on any atom is 0.220 e. The van der Waals surface area contributed by atoms with Crippen molar-refractivity contribution in [2.24, 2.45) is 5.92 Å². The van der Waals surface area contributed by atoms with Crippen LogP contribution >= 0.6 is 0 Å². The average Bonchev–Trinajstić information content (AvgIpc) is 2.82. The first-order valence-electron chi connectivity index (χ1n) is 11.9. The highest BCUT2D eigenvalue weighted by Crippen LogP contribution is 2.30. The topological polar surface area (TPSA) is 77.5 Å². The van der Waals surface area contributed by atoms with Gasteiger partial charge in [-0.15, -0.1) is 0 Å². The SMILES string of the molecule is CN(C)c1cc(N[C@H]2CC[C@@H](CNC(=O)CCc3ccccc3O)CC2)nc2ccccc12. The van der Waals surface area contributed by atoms with E-state index in [1.807, 2.05) is 18.2 Å². The number of aryl methyl sites for hydroxylation is 1. The molecule has 3 N–H and O–H groups in total. The van der Waals surface area contributed by atoms with Crippen LogP contribution in [0.15, 0.2) is 54.6 Å². The molecule has 0 spiro atoms. The number of aromatic nitrogens is 1. The van der Waals surface area contributed by atoms with Gasteiger partial charge in [-0.05, 0) is 55.7 Å². The van der Waals surface area contributed by atoms with Crippen LogP contribution in [0.2, 0.25) is 0 Å². The van der Waals surface area contributed by atoms with Gasteiger partial charge in [-0.1, -0.05) is 36.4 Å². The maximum absolute atomic E-state index is 12.3. The van der Waals surface area contributed by atoms with E-state index in [0.29, 0.717) is 24.8 Å². The Bertz CT molecular complexity index is 1090. The number of carbonyl (C=O) groups is 1. The molecule has 33 heavy (non-hydrogen) atoms. The van der Waals surface area contributed by atoms with Crippen LogP contribution in [0.3, 0.4) is 0 Å². The third-order valence-corrected chi connectivity index (χ3v) is 6.58. The Balaban J connectivity index is 1.24. The predicted molar refractivity (Wildman–Crippen MR) is 135 cm³/mol. The zero-order valence-electron chi connectivity index (χ0n) is 19.6. The molecular weight excluding hydrogens is 412 g/mol. The number of para-hydroxylation sites is 2. The molecule has 2 aromatic carbocycles. The van der Waals surface area contributed by atoms with Crippen LogP contribution in [0.1, 0.15) is 37.7 Å². The fraction of sp³-hybridized carbons (Fsp3) is 0.407. The molecule has 1 aliphatic rings. The van der Waals surface area contributed by atoms with Crippen LogP contribution in [0.4, 0.5) is 11.5 Å². The molecule has 0 saturated heterocycles. The van der Waals surface area contributed by atoms with Crippen LogP contribution in [0, 0.1) is 5.92 Å². The van der Waals surface area contributed by atoms with Gasteiger partial charge in [0.25, 0.3) is 0 Å². The Morgan fingerprint density at radius 1 is 1.06 bits per heavy atom. The van der Waals surface area contributed by atoms with Crippen molar-refractivity contribution < 1.29 is 9.90 Å². The van der Waals surface area contributed by atoms with E-state index in [0.717, 1.165) is 54.5 Å². The van der Waals surface area contributed by atoms with E-state index in [4.69, 9.17) is 4.98 Å². The number of phenolic OH excluding ortho intramolecular Hbond substituents is 1. The van der Waals surface area contributed by atoms with Crippen LogP contribution < -0.4 is 15.5 Å². The molecule has 0 bridgehead atoms. The zero-order valence-corrected chi connectivity index (χ0v) is 19.6. The molecule has 0 radical (unpaired) electrons. The van der Waals surface area contributed by atoms with E-state index >= 15 is 0 Å². The first kappa shape index (κ1) is 22.9. The molecule has 3 aromatic rings. The summed E-state index contributed by atoms with van der Waals surface area (Å²) in [5.74, 6) is 1.75. The van der Waals surface area contributed by atoms with Gasteiger partial charge in [0.2, 0.25) is 5.91 Å². The quantitative estimate of drug-likeness (QED) is 0.466. The number of anilines is 2. The molecule has 0 aliphatic heterocycles. The van der Waals surface area contributed by atoms with Gasteiger partial charge in [0, 0.05) is 50.2 Å². The second-order valence-electron chi connectivity index (χ2n) is 9.23. The lowest BCUT2D eigenvalue weighted by Crippen LogP contribution is -2.34. The number of hydrogen-bond donors (Lipinski definition) is 3. The summed E-state index contributed by atoms with van der Waals surface area (Å²) in [6, 6.07) is 18.0. The highest BCUT2D eigenvalue weighted by atomic mass is 16.3. The predicted octanol–water partition coefficient (Wildman–Crippen LogP) is 4.73. The van der Waals surface area contributed by atoms with Crippen molar-refractivity contribution in [2.75, 3.05) is 30.9 Å². The number of rotatable bonds is 8. The number of aromatic hydroxyl groups is 1. The van der Waals surface area contributed by atoms with E-state index in [1.165, 1.54) is 5.69 Å². The molecule has 6 heteroatoms. The van der Waals surface area contributed by atoms with Crippen LogP contribution in [-0.2, 0) is 11.2 Å². The number of nitrogens with zero attached hydrogens (tertiary/aromatic N) is 2. The molecule has 4 rings (SSSR count). The standard InChI is InChI=1S/C27H34N4O2/c1-31(2)24-17-26(30-23-9-5-4-8-22(23)24)29-21-14-11-19(12-15-21)18-28-27(33)16-13-20-7-3-6-10-25(20)32/h3-10,17,19,21,32H,11-16,18H2,1-2H3,(H,28,33)(H,29,30)/t19-,21+. The number of benzene rings is 2. The minimum absolute atomic E-state index is 0.0510. The van der Waals surface area contributed by atoms with Gasteiger partial charge >= 0.3 is 0 Å². The second-order valence-corrected chi connectivity index (χ2v) is 9.23. The molecule has 1 saturated carbocycles. The molecule has 1 amide bonds. The lowest BCUT2D eigenvalue weighted by atomic mass is 9.86. The third-order valence-electron chi connectivity index (χ3n) is 6.58. The fourth-order valence-electron chi connectivity index (χ4n) is 4.64. The van der Waals surface area contributed by atoms with Crippen molar-refractivity contribution >= 4 is 28.3 Å². The summed E-state index contributed by atoms with van der Waals surface area (Å²) >= 11 is 0. The summed E-state index contributed by atoms with van der Waals surface area (Å²) in [7, 11) is 4.13. The van der Waals surface area contributed by atoms with E-state index in [9.17, 15) is 9.90 Å². The van der Waals surface area contributed by atoms with Gasteiger partial charge in [0.1, 0.15) is 11.6 Å². The number of carbonyl (C=O) groups excluding carboxylic acids is 1. The molecule has 6 nitrogen and oxygen atoms in total. The number of pyridine rings is 1. The van der Waals surface area contributed by atoms with Crippen LogP contribution in [-0.4, -0.2) is 42.7 Å². The van der Waals surface area contributed by atoms with Crippen LogP contribution in [0.25, 0.3) is 10.9 Å². The average molecular weight is 447 g/mol. The molecule has 0 atom stereocenters. The maximum atomic E-state index is 12.3. The summed E-state index contributed by atoms with van der Waals surface area (Å²) in [6.45, 7) is 0.728. The van der Waals surface area contributed by atoms with Gasteiger partial charge < -0.3 is 20.6 Å². The fourth-order valence-corrected chi connectivity index (χ4v) is 4.64. The molecule has 174 valence electrons. The Hall–Kier alpha value is -3.28. The minimum atomic E-state index is 0.0510. The first-order valence-corrected chi connectivity index (χ1v) is 11.9. The van der Waals surface area contributed by atoms with Crippen molar-refractivity contribution in [3.8, 4) is 5.75 Å². The Labute approximate surface area is 196 Å². The van der Waals surface area contributed by atoms with Gasteiger partial charge in [0.15, 0.2) is 0 Å². The Kier molecular flexibility index (Phi) is 7.33. The highest BCUT2D eigenvalue weighted by molar-refractivity contribution is 5.93. The highest BCUT2D eigenvalue weighted by Gasteiger charge is 2.22. The lowest BCUT2D eigenvalue weighted by molar-refractivity contribution is -0.121. The summed E-state index contributed by atoms with van der Waals surface area (Å²) in [5.41, 5.74) is 2.99. The largest absolute Gasteiger partial charge is 0.508 e. The van der Waals surface area contributed by atoms with Gasteiger partial charge in [-0.2, -0.15) is 0 Å². The van der Waals surface area contributed by atoms with Crippen molar-refractivity contribution in [1.29, 1.82) is 0 Å². The smallest absolute Gasteiger partial charge is 0.220 e. The summed E-state index contributed by atoms with van der Waals surface area (Å²) in [4.78, 5) is 19.2. The lowest BCUT2D eigenvalue weighted by Gasteiger charge is -2.30. The van der Waals surface area contributed by atoms with Gasteiger partial charge in [-0.3, -0.25) is 4.79 Å². The normalized spacial score (nSPS) is 18.1. The molecular formula is C27H34N4O2. The summed E-state index contributed by atoms with van der Waals surface area (Å²) in [5, 5.41) is 17.7. The molecule has 1 fully saturated rings. The molecule has 1 aliphatic carbocycles.